The Morgan fingerprint density at radius 1 is 1.31 bits per heavy atom. The molecule has 1 rings (SSSR count). The summed E-state index contributed by atoms with van der Waals surface area (Å²) in [7, 11) is 0. The Morgan fingerprint density at radius 2 is 2.06 bits per heavy atom. The summed E-state index contributed by atoms with van der Waals surface area (Å²) in [5.41, 5.74) is 5.55. The second-order valence-electron chi connectivity index (χ2n) is 4.28. The lowest BCUT2D eigenvalue weighted by molar-refractivity contribution is 0.727. The van der Waals surface area contributed by atoms with E-state index in [1.807, 2.05) is 0 Å². The van der Waals surface area contributed by atoms with Gasteiger partial charge in [-0.25, -0.2) is 0 Å². The van der Waals surface area contributed by atoms with E-state index in [0.29, 0.717) is 0 Å². The minimum atomic E-state index is 1.05. The SMILES string of the molecule is CCNCCC=C(C)c1cccc(C)c1C. The lowest BCUT2D eigenvalue weighted by Gasteiger charge is -2.09. The quantitative estimate of drug-likeness (QED) is 0.741. The van der Waals surface area contributed by atoms with Crippen molar-refractivity contribution in [3.05, 3.63) is 41.0 Å². The molecule has 0 aromatic heterocycles. The maximum absolute atomic E-state index is 3.34. The van der Waals surface area contributed by atoms with Crippen LogP contribution in [0.1, 0.15) is 37.0 Å². The second-order valence-corrected chi connectivity index (χ2v) is 4.28. The van der Waals surface area contributed by atoms with Gasteiger partial charge in [0.15, 0.2) is 0 Å². The van der Waals surface area contributed by atoms with Gasteiger partial charge < -0.3 is 5.32 Å². The van der Waals surface area contributed by atoms with E-state index in [1.54, 1.807) is 0 Å². The first-order valence-corrected chi connectivity index (χ1v) is 6.11. The summed E-state index contributed by atoms with van der Waals surface area (Å²) in [5, 5.41) is 3.34. The van der Waals surface area contributed by atoms with Gasteiger partial charge in [0.1, 0.15) is 0 Å². The molecule has 0 aliphatic carbocycles. The molecule has 0 spiro atoms. The molecule has 88 valence electrons. The van der Waals surface area contributed by atoms with Gasteiger partial charge in [-0.15, -0.1) is 0 Å². The number of allylic oxidation sites excluding steroid dienone is 1. The van der Waals surface area contributed by atoms with Crippen molar-refractivity contribution in [2.24, 2.45) is 0 Å². The number of hydrogen-bond acceptors (Lipinski definition) is 1. The van der Waals surface area contributed by atoms with E-state index in [0.717, 1.165) is 19.5 Å². The van der Waals surface area contributed by atoms with E-state index in [-0.39, 0.29) is 0 Å². The Kier molecular flexibility index (Phi) is 5.27. The molecule has 1 heteroatoms. The molecule has 0 amide bonds. The van der Waals surface area contributed by atoms with Crippen LogP contribution in [0.15, 0.2) is 24.3 Å². The molecule has 0 atom stereocenters. The van der Waals surface area contributed by atoms with Gasteiger partial charge in [0.2, 0.25) is 0 Å². The van der Waals surface area contributed by atoms with Gasteiger partial charge >= 0.3 is 0 Å². The van der Waals surface area contributed by atoms with Crippen LogP contribution in [0, 0.1) is 13.8 Å². The summed E-state index contributed by atoms with van der Waals surface area (Å²) in [5.74, 6) is 0. The van der Waals surface area contributed by atoms with Crippen LogP contribution in [0.4, 0.5) is 0 Å². The standard InChI is InChI=1S/C15H23N/c1-5-16-11-7-9-13(3)15-10-6-8-12(2)14(15)4/h6,8-10,16H,5,7,11H2,1-4H3. The highest BCUT2D eigenvalue weighted by molar-refractivity contribution is 5.67. The molecule has 1 aromatic carbocycles. The van der Waals surface area contributed by atoms with Crippen LogP contribution in [0.3, 0.4) is 0 Å². The summed E-state index contributed by atoms with van der Waals surface area (Å²) in [6.45, 7) is 10.8. The molecule has 0 fully saturated rings. The average molecular weight is 217 g/mol. The number of aryl methyl sites for hydroxylation is 1. The van der Waals surface area contributed by atoms with Crippen molar-refractivity contribution in [1.82, 2.24) is 5.32 Å². The maximum Gasteiger partial charge on any atom is -0.00142 e. The Bertz CT molecular complexity index is 364. The molecule has 0 unspecified atom stereocenters. The third kappa shape index (κ3) is 3.49. The van der Waals surface area contributed by atoms with Crippen molar-refractivity contribution < 1.29 is 0 Å². The first-order valence-electron chi connectivity index (χ1n) is 6.11. The number of nitrogens with one attached hydrogen (secondary N) is 1. The third-order valence-corrected chi connectivity index (χ3v) is 3.05. The Balaban J connectivity index is 2.72. The second kappa shape index (κ2) is 6.49. The van der Waals surface area contributed by atoms with Gasteiger partial charge in [-0.3, -0.25) is 0 Å². The first kappa shape index (κ1) is 13.0. The molecule has 0 aliphatic rings. The highest BCUT2D eigenvalue weighted by Crippen LogP contribution is 2.21. The zero-order valence-corrected chi connectivity index (χ0v) is 10.9. The molecule has 1 nitrogen and oxygen atoms in total. The highest BCUT2D eigenvalue weighted by atomic mass is 14.8. The van der Waals surface area contributed by atoms with Crippen LogP contribution < -0.4 is 5.32 Å². The molecule has 16 heavy (non-hydrogen) atoms. The molecule has 0 saturated heterocycles. The van der Waals surface area contributed by atoms with Crippen molar-refractivity contribution in [3.8, 4) is 0 Å². The summed E-state index contributed by atoms with van der Waals surface area (Å²) in [4.78, 5) is 0. The van der Waals surface area contributed by atoms with E-state index >= 15 is 0 Å². The lowest BCUT2D eigenvalue weighted by Crippen LogP contribution is -2.13. The molecular formula is C15H23N. The Morgan fingerprint density at radius 3 is 2.75 bits per heavy atom. The minimum absolute atomic E-state index is 1.05. The van der Waals surface area contributed by atoms with Crippen molar-refractivity contribution in [3.63, 3.8) is 0 Å². The third-order valence-electron chi connectivity index (χ3n) is 3.05. The summed E-state index contributed by atoms with van der Waals surface area (Å²) >= 11 is 0. The predicted octanol–water partition coefficient (Wildman–Crippen LogP) is 3.71. The number of rotatable bonds is 5. The first-order chi connectivity index (χ1) is 7.66. The molecule has 0 bridgehead atoms. The molecule has 0 aliphatic heterocycles. The molecule has 0 saturated carbocycles. The normalized spacial score (nSPS) is 11.9. The van der Waals surface area contributed by atoms with Gasteiger partial charge in [-0.05, 0) is 62.5 Å². The number of hydrogen-bond donors (Lipinski definition) is 1. The van der Waals surface area contributed by atoms with E-state index in [9.17, 15) is 0 Å². The molecule has 0 radical (unpaired) electrons. The maximum atomic E-state index is 3.34. The topological polar surface area (TPSA) is 12.0 Å². The molecular weight excluding hydrogens is 194 g/mol. The number of benzene rings is 1. The fourth-order valence-electron chi connectivity index (χ4n) is 1.86. The van der Waals surface area contributed by atoms with Gasteiger partial charge in [0.25, 0.3) is 0 Å². The van der Waals surface area contributed by atoms with E-state index in [2.05, 4.69) is 57.3 Å². The fourth-order valence-corrected chi connectivity index (χ4v) is 1.86. The monoisotopic (exact) mass is 217 g/mol. The van der Waals surface area contributed by atoms with Crippen LogP contribution in [0.25, 0.3) is 5.57 Å². The van der Waals surface area contributed by atoms with E-state index < -0.39 is 0 Å². The van der Waals surface area contributed by atoms with Crippen LogP contribution in [0.5, 0.6) is 0 Å². The van der Waals surface area contributed by atoms with Crippen molar-refractivity contribution >= 4 is 5.57 Å². The van der Waals surface area contributed by atoms with Gasteiger partial charge in [0, 0.05) is 0 Å². The zero-order valence-electron chi connectivity index (χ0n) is 10.9. The van der Waals surface area contributed by atoms with Crippen molar-refractivity contribution in [2.75, 3.05) is 13.1 Å². The average Bonchev–Trinajstić information content (AvgIpc) is 2.28. The Labute approximate surface area is 99.6 Å². The van der Waals surface area contributed by atoms with Crippen LogP contribution in [-0.2, 0) is 0 Å². The van der Waals surface area contributed by atoms with Crippen molar-refractivity contribution in [2.45, 2.75) is 34.1 Å². The zero-order chi connectivity index (χ0) is 12.0. The molecule has 1 N–H and O–H groups in total. The summed E-state index contributed by atoms with van der Waals surface area (Å²) in [6.07, 6.45) is 3.43. The predicted molar refractivity (Wildman–Crippen MR) is 72.7 cm³/mol. The molecule has 1 aromatic rings. The van der Waals surface area contributed by atoms with Gasteiger partial charge in [-0.2, -0.15) is 0 Å². The minimum Gasteiger partial charge on any atom is -0.317 e. The van der Waals surface area contributed by atoms with E-state index in [4.69, 9.17) is 0 Å². The smallest absolute Gasteiger partial charge is 0.00142 e. The van der Waals surface area contributed by atoms with Gasteiger partial charge in [0.05, 0.1) is 0 Å². The highest BCUT2D eigenvalue weighted by Gasteiger charge is 2.01. The van der Waals surface area contributed by atoms with Crippen molar-refractivity contribution in [1.29, 1.82) is 0 Å². The summed E-state index contributed by atoms with van der Waals surface area (Å²) in [6, 6.07) is 6.52. The summed E-state index contributed by atoms with van der Waals surface area (Å²) < 4.78 is 0. The largest absolute Gasteiger partial charge is 0.317 e. The van der Waals surface area contributed by atoms with Crippen LogP contribution in [-0.4, -0.2) is 13.1 Å². The van der Waals surface area contributed by atoms with Crippen LogP contribution in [0.2, 0.25) is 0 Å². The van der Waals surface area contributed by atoms with E-state index in [1.165, 1.54) is 22.3 Å². The lowest BCUT2D eigenvalue weighted by atomic mass is 9.97. The van der Waals surface area contributed by atoms with Crippen LogP contribution >= 0.6 is 0 Å². The Hall–Kier alpha value is -1.08. The fraction of sp³-hybridized carbons (Fsp3) is 0.467. The molecule has 0 heterocycles. The van der Waals surface area contributed by atoms with Gasteiger partial charge in [-0.1, -0.05) is 31.2 Å².